The highest BCUT2D eigenvalue weighted by molar-refractivity contribution is 6.42. The zero-order chi connectivity index (χ0) is 25.8. The van der Waals surface area contributed by atoms with Crippen molar-refractivity contribution in [2.45, 2.75) is 43.7 Å². The van der Waals surface area contributed by atoms with Crippen molar-refractivity contribution in [3.05, 3.63) is 82.1 Å². The first kappa shape index (κ1) is 26.0. The van der Waals surface area contributed by atoms with E-state index in [2.05, 4.69) is 15.3 Å². The van der Waals surface area contributed by atoms with Crippen LogP contribution in [0.5, 0.6) is 0 Å². The fourth-order valence-electron chi connectivity index (χ4n) is 5.55. The summed E-state index contributed by atoms with van der Waals surface area (Å²) < 4.78 is 1.80. The summed E-state index contributed by atoms with van der Waals surface area (Å²) in [5.74, 6) is -0.195. The molecule has 9 heteroatoms. The number of aliphatic hydroxyl groups is 1. The van der Waals surface area contributed by atoms with Gasteiger partial charge < -0.3 is 20.2 Å². The number of rotatable bonds is 8. The predicted octanol–water partition coefficient (Wildman–Crippen LogP) is 5.27. The summed E-state index contributed by atoms with van der Waals surface area (Å²) in [5.41, 5.74) is 2.58. The first-order chi connectivity index (χ1) is 18.0. The number of likely N-dealkylation sites (tertiary alicyclic amines) is 1. The van der Waals surface area contributed by atoms with Crippen LogP contribution in [0.15, 0.2) is 60.8 Å². The number of benzene rings is 2. The number of carbonyl (C=O) groups is 1. The van der Waals surface area contributed by atoms with Crippen LogP contribution in [-0.2, 0) is 0 Å². The third-order valence-electron chi connectivity index (χ3n) is 7.60. The van der Waals surface area contributed by atoms with Gasteiger partial charge in [0.25, 0.3) is 0 Å². The maximum absolute atomic E-state index is 12.3. The molecule has 2 N–H and O–H groups in total. The van der Waals surface area contributed by atoms with E-state index in [1.165, 1.54) is 0 Å². The lowest BCUT2D eigenvalue weighted by molar-refractivity contribution is 0.0978. The van der Waals surface area contributed by atoms with E-state index in [-0.39, 0.29) is 11.9 Å². The van der Waals surface area contributed by atoms with Crippen LogP contribution < -0.4 is 5.32 Å². The van der Waals surface area contributed by atoms with Gasteiger partial charge in [-0.1, -0.05) is 47.5 Å². The van der Waals surface area contributed by atoms with Crippen molar-refractivity contribution in [2.24, 2.45) is 0 Å². The molecular weight excluding hydrogens is 509 g/mol. The van der Waals surface area contributed by atoms with Gasteiger partial charge in [-0.25, -0.2) is 9.48 Å². The monoisotopic (exact) mass is 541 g/mol. The fourth-order valence-corrected chi connectivity index (χ4v) is 5.86. The van der Waals surface area contributed by atoms with Gasteiger partial charge in [-0.3, -0.25) is 0 Å². The van der Waals surface area contributed by atoms with Gasteiger partial charge in [0, 0.05) is 44.3 Å². The van der Waals surface area contributed by atoms with Crippen molar-refractivity contribution in [3.63, 3.8) is 0 Å². The smallest absolute Gasteiger partial charge is 0.317 e. The van der Waals surface area contributed by atoms with E-state index in [1.54, 1.807) is 16.9 Å². The number of para-hydroxylation sites is 1. The molecule has 37 heavy (non-hydrogen) atoms. The first-order valence-corrected chi connectivity index (χ1v) is 13.8. The lowest BCUT2D eigenvalue weighted by Gasteiger charge is -2.40. The summed E-state index contributed by atoms with van der Waals surface area (Å²) in [6.45, 7) is 4.31. The Labute approximate surface area is 228 Å². The largest absolute Gasteiger partial charge is 0.386 e. The van der Waals surface area contributed by atoms with Gasteiger partial charge >= 0.3 is 6.03 Å². The molecule has 0 bridgehead atoms. The van der Waals surface area contributed by atoms with Crippen LogP contribution in [-0.4, -0.2) is 69.5 Å². The van der Waals surface area contributed by atoms with Gasteiger partial charge in [0.15, 0.2) is 0 Å². The Morgan fingerprint density at radius 2 is 1.81 bits per heavy atom. The second-order valence-electron chi connectivity index (χ2n) is 9.87. The SMILES string of the molecule is O=C1NCCCN1C1CCN(CCC(c2ccc(Cl)c(Cl)c2)C(O)c2ccnn2-c2ccccc2)CC1. The molecule has 2 unspecified atom stereocenters. The predicted molar refractivity (Wildman–Crippen MR) is 147 cm³/mol. The van der Waals surface area contributed by atoms with E-state index in [1.807, 2.05) is 53.4 Å². The molecule has 2 fully saturated rings. The van der Waals surface area contributed by atoms with Crippen LogP contribution in [0.4, 0.5) is 4.79 Å². The minimum Gasteiger partial charge on any atom is -0.386 e. The Kier molecular flexibility index (Phi) is 8.35. The van der Waals surface area contributed by atoms with Crippen LogP contribution >= 0.6 is 23.2 Å². The van der Waals surface area contributed by atoms with Crippen LogP contribution in [0.1, 0.15) is 49.0 Å². The van der Waals surface area contributed by atoms with Crippen molar-refractivity contribution in [1.29, 1.82) is 0 Å². The summed E-state index contributed by atoms with van der Waals surface area (Å²) in [6, 6.07) is 17.7. The Bertz CT molecular complexity index is 1200. The van der Waals surface area contributed by atoms with E-state index in [0.717, 1.165) is 75.4 Å². The van der Waals surface area contributed by atoms with Crippen molar-refractivity contribution in [3.8, 4) is 5.69 Å². The summed E-state index contributed by atoms with van der Waals surface area (Å²) in [6.07, 6.45) is 4.62. The lowest BCUT2D eigenvalue weighted by atomic mass is 9.88. The molecule has 2 atom stereocenters. The summed E-state index contributed by atoms with van der Waals surface area (Å²) in [7, 11) is 0. The van der Waals surface area contributed by atoms with E-state index in [0.29, 0.717) is 16.1 Å². The molecule has 7 nitrogen and oxygen atoms in total. The van der Waals surface area contributed by atoms with Gasteiger partial charge in [-0.15, -0.1) is 0 Å². The maximum atomic E-state index is 12.3. The summed E-state index contributed by atoms with van der Waals surface area (Å²) in [5, 5.41) is 20.1. The van der Waals surface area contributed by atoms with Gasteiger partial charge in [0.05, 0.1) is 21.4 Å². The zero-order valence-electron chi connectivity index (χ0n) is 20.8. The standard InChI is InChI=1S/C28H33Cl2N5O2/c29-24-8-7-20(19-25(24)30)23(27(36)26-9-14-32-35(26)22-5-2-1-3-6-22)12-18-33-16-10-21(11-17-33)34-15-4-13-31-28(34)37/h1-3,5-9,14,19,21,23,27,36H,4,10-13,15-18H2,(H,31,37). The number of halogens is 2. The highest BCUT2D eigenvalue weighted by atomic mass is 35.5. The highest BCUT2D eigenvalue weighted by Gasteiger charge is 2.31. The molecule has 2 aliphatic heterocycles. The number of aromatic nitrogens is 2. The number of nitrogens with one attached hydrogen (secondary N) is 1. The van der Waals surface area contributed by atoms with E-state index in [9.17, 15) is 9.90 Å². The van der Waals surface area contributed by atoms with E-state index < -0.39 is 6.10 Å². The molecule has 2 amide bonds. The van der Waals surface area contributed by atoms with Crippen molar-refractivity contribution in [2.75, 3.05) is 32.7 Å². The van der Waals surface area contributed by atoms with Crippen molar-refractivity contribution >= 4 is 29.2 Å². The number of nitrogens with zero attached hydrogens (tertiary/aromatic N) is 4. The number of hydrogen-bond donors (Lipinski definition) is 2. The number of urea groups is 1. The Morgan fingerprint density at radius 1 is 1.03 bits per heavy atom. The number of aliphatic hydroxyl groups excluding tert-OH is 1. The number of hydrogen-bond acceptors (Lipinski definition) is 4. The zero-order valence-corrected chi connectivity index (χ0v) is 22.3. The second kappa shape index (κ2) is 11.9. The molecule has 0 spiro atoms. The van der Waals surface area contributed by atoms with E-state index in [4.69, 9.17) is 23.2 Å². The molecule has 196 valence electrons. The van der Waals surface area contributed by atoms with Gasteiger partial charge in [0.1, 0.15) is 6.10 Å². The molecule has 2 saturated heterocycles. The van der Waals surface area contributed by atoms with Crippen LogP contribution in [0, 0.1) is 0 Å². The Morgan fingerprint density at radius 3 is 2.54 bits per heavy atom. The Hall–Kier alpha value is -2.58. The molecule has 2 aliphatic rings. The first-order valence-electron chi connectivity index (χ1n) is 13.0. The molecule has 0 aliphatic carbocycles. The number of amides is 2. The highest BCUT2D eigenvalue weighted by Crippen LogP contribution is 2.37. The van der Waals surface area contributed by atoms with Gasteiger partial charge in [-0.05, 0) is 68.1 Å². The molecular formula is C28H33Cl2N5O2. The second-order valence-corrected chi connectivity index (χ2v) is 10.7. The Balaban J connectivity index is 1.31. The minimum atomic E-state index is -0.783. The third kappa shape index (κ3) is 5.96. The minimum absolute atomic E-state index is 0.0718. The summed E-state index contributed by atoms with van der Waals surface area (Å²) in [4.78, 5) is 16.7. The molecule has 3 heterocycles. The van der Waals surface area contributed by atoms with Gasteiger partial charge in [0.2, 0.25) is 0 Å². The van der Waals surface area contributed by atoms with E-state index >= 15 is 0 Å². The van der Waals surface area contributed by atoms with Crippen molar-refractivity contribution in [1.82, 2.24) is 24.9 Å². The van der Waals surface area contributed by atoms with Crippen molar-refractivity contribution < 1.29 is 9.90 Å². The molecule has 0 saturated carbocycles. The topological polar surface area (TPSA) is 73.6 Å². The van der Waals surface area contributed by atoms with Crippen LogP contribution in [0.3, 0.4) is 0 Å². The fraction of sp³-hybridized carbons (Fsp3) is 0.429. The molecule has 1 aromatic heterocycles. The van der Waals surface area contributed by atoms with Crippen LogP contribution in [0.2, 0.25) is 10.0 Å². The number of carbonyl (C=O) groups excluding carboxylic acids is 1. The molecule has 3 aromatic rings. The summed E-state index contributed by atoms with van der Waals surface area (Å²) >= 11 is 12.6. The average Bonchev–Trinajstić information content (AvgIpc) is 3.42. The third-order valence-corrected chi connectivity index (χ3v) is 8.33. The molecule has 0 radical (unpaired) electrons. The average molecular weight is 543 g/mol. The maximum Gasteiger partial charge on any atom is 0.317 e. The number of piperidine rings is 1. The molecule has 2 aromatic carbocycles. The molecule has 5 rings (SSSR count). The quantitative estimate of drug-likeness (QED) is 0.407. The normalized spacial score (nSPS) is 19.0. The van der Waals surface area contributed by atoms with Crippen LogP contribution in [0.25, 0.3) is 5.69 Å². The van der Waals surface area contributed by atoms with Gasteiger partial charge in [-0.2, -0.15) is 5.10 Å². The lowest BCUT2D eigenvalue weighted by Crippen LogP contribution is -2.54.